The number of ether oxygens (including phenoxy) is 2. The molecule has 1 atom stereocenters. The molecule has 108 valence electrons. The second kappa shape index (κ2) is 10.2. The van der Waals surface area contributed by atoms with Crippen LogP contribution in [-0.2, 0) is 15.9 Å². The van der Waals surface area contributed by atoms with E-state index < -0.39 is 0 Å². The molecule has 0 saturated heterocycles. The van der Waals surface area contributed by atoms with Crippen molar-refractivity contribution >= 4 is 11.6 Å². The SMILES string of the molecule is CNCC(CCOCCOC)Cc1ccc(Cl)cc1. The van der Waals surface area contributed by atoms with Gasteiger partial charge in [-0.05, 0) is 50.0 Å². The van der Waals surface area contributed by atoms with Gasteiger partial charge in [0.1, 0.15) is 0 Å². The van der Waals surface area contributed by atoms with Crippen LogP contribution in [0.4, 0.5) is 0 Å². The van der Waals surface area contributed by atoms with E-state index in [1.54, 1.807) is 7.11 Å². The molecule has 0 aliphatic rings. The van der Waals surface area contributed by atoms with Crippen molar-refractivity contribution < 1.29 is 9.47 Å². The summed E-state index contributed by atoms with van der Waals surface area (Å²) in [5, 5.41) is 4.03. The molecule has 1 N–H and O–H groups in total. The summed E-state index contributed by atoms with van der Waals surface area (Å²) in [6, 6.07) is 8.08. The summed E-state index contributed by atoms with van der Waals surface area (Å²) in [6.07, 6.45) is 2.10. The first-order valence-electron chi connectivity index (χ1n) is 6.72. The maximum atomic E-state index is 5.90. The summed E-state index contributed by atoms with van der Waals surface area (Å²) in [5.74, 6) is 0.578. The lowest BCUT2D eigenvalue weighted by atomic mass is 9.96. The maximum absolute atomic E-state index is 5.90. The van der Waals surface area contributed by atoms with Crippen molar-refractivity contribution in [3.8, 4) is 0 Å². The number of hydrogen-bond donors (Lipinski definition) is 1. The molecule has 0 bridgehead atoms. The number of rotatable bonds is 10. The summed E-state index contributed by atoms with van der Waals surface area (Å²) in [7, 11) is 3.67. The molecule has 3 nitrogen and oxygen atoms in total. The molecule has 1 aromatic rings. The van der Waals surface area contributed by atoms with Crippen LogP contribution in [0.2, 0.25) is 5.02 Å². The van der Waals surface area contributed by atoms with Crippen LogP contribution in [0.5, 0.6) is 0 Å². The molecule has 0 heterocycles. The Morgan fingerprint density at radius 3 is 2.53 bits per heavy atom. The lowest BCUT2D eigenvalue weighted by Gasteiger charge is -2.16. The van der Waals surface area contributed by atoms with Crippen LogP contribution in [0.3, 0.4) is 0 Å². The third kappa shape index (κ3) is 7.53. The van der Waals surface area contributed by atoms with Gasteiger partial charge in [0.25, 0.3) is 0 Å². The highest BCUT2D eigenvalue weighted by Crippen LogP contribution is 2.15. The first kappa shape index (κ1) is 16.4. The summed E-state index contributed by atoms with van der Waals surface area (Å²) in [6.45, 7) is 3.11. The number of benzene rings is 1. The molecular weight excluding hydrogens is 262 g/mol. The van der Waals surface area contributed by atoms with E-state index in [2.05, 4.69) is 17.4 Å². The predicted molar refractivity (Wildman–Crippen MR) is 79.9 cm³/mol. The summed E-state index contributed by atoms with van der Waals surface area (Å²) in [5.41, 5.74) is 1.32. The lowest BCUT2D eigenvalue weighted by Crippen LogP contribution is -2.22. The van der Waals surface area contributed by atoms with Gasteiger partial charge in [0.2, 0.25) is 0 Å². The Morgan fingerprint density at radius 2 is 1.89 bits per heavy atom. The molecule has 0 aliphatic carbocycles. The average Bonchev–Trinajstić information content (AvgIpc) is 2.41. The highest BCUT2D eigenvalue weighted by molar-refractivity contribution is 6.30. The first-order chi connectivity index (χ1) is 9.26. The van der Waals surface area contributed by atoms with Gasteiger partial charge in [-0.15, -0.1) is 0 Å². The van der Waals surface area contributed by atoms with Gasteiger partial charge in [-0.2, -0.15) is 0 Å². The fourth-order valence-electron chi connectivity index (χ4n) is 2.01. The zero-order valence-electron chi connectivity index (χ0n) is 11.8. The molecule has 4 heteroatoms. The lowest BCUT2D eigenvalue weighted by molar-refractivity contribution is 0.0637. The highest BCUT2D eigenvalue weighted by atomic mass is 35.5. The monoisotopic (exact) mass is 285 g/mol. The fraction of sp³-hybridized carbons (Fsp3) is 0.600. The topological polar surface area (TPSA) is 30.5 Å². The third-order valence-electron chi connectivity index (χ3n) is 3.03. The van der Waals surface area contributed by atoms with Crippen molar-refractivity contribution in [1.82, 2.24) is 5.32 Å². The van der Waals surface area contributed by atoms with Gasteiger partial charge in [-0.1, -0.05) is 23.7 Å². The minimum atomic E-state index is 0.578. The molecule has 0 aliphatic heterocycles. The van der Waals surface area contributed by atoms with Crippen molar-refractivity contribution in [2.75, 3.05) is 40.5 Å². The fourth-order valence-corrected chi connectivity index (χ4v) is 2.14. The summed E-state index contributed by atoms with van der Waals surface area (Å²) >= 11 is 5.90. The Hall–Kier alpha value is -0.610. The number of halogens is 1. The van der Waals surface area contributed by atoms with Crippen LogP contribution < -0.4 is 5.32 Å². The smallest absolute Gasteiger partial charge is 0.0700 e. The quantitative estimate of drug-likeness (QED) is 0.671. The molecule has 0 radical (unpaired) electrons. The van der Waals surface area contributed by atoms with E-state index in [-0.39, 0.29) is 0 Å². The Balaban J connectivity index is 2.33. The second-order valence-corrected chi connectivity index (χ2v) is 5.08. The van der Waals surface area contributed by atoms with Crippen molar-refractivity contribution in [1.29, 1.82) is 0 Å². The number of hydrogen-bond acceptors (Lipinski definition) is 3. The van der Waals surface area contributed by atoms with Gasteiger partial charge in [0.05, 0.1) is 13.2 Å². The minimum absolute atomic E-state index is 0.578. The van der Waals surface area contributed by atoms with Crippen LogP contribution in [0, 0.1) is 5.92 Å². The Bertz CT molecular complexity index is 329. The highest BCUT2D eigenvalue weighted by Gasteiger charge is 2.09. The molecule has 0 spiro atoms. The van der Waals surface area contributed by atoms with Crippen molar-refractivity contribution in [2.24, 2.45) is 5.92 Å². The van der Waals surface area contributed by atoms with Gasteiger partial charge in [0.15, 0.2) is 0 Å². The van der Waals surface area contributed by atoms with Gasteiger partial charge < -0.3 is 14.8 Å². The minimum Gasteiger partial charge on any atom is -0.382 e. The normalized spacial score (nSPS) is 12.6. The molecule has 1 unspecified atom stereocenters. The Morgan fingerprint density at radius 1 is 1.16 bits per heavy atom. The van der Waals surface area contributed by atoms with Crippen LogP contribution in [0.25, 0.3) is 0 Å². The van der Waals surface area contributed by atoms with Gasteiger partial charge >= 0.3 is 0 Å². The summed E-state index contributed by atoms with van der Waals surface area (Å²) < 4.78 is 10.5. The van der Waals surface area contributed by atoms with Crippen molar-refractivity contribution in [2.45, 2.75) is 12.8 Å². The van der Waals surface area contributed by atoms with Crippen LogP contribution in [0.1, 0.15) is 12.0 Å². The third-order valence-corrected chi connectivity index (χ3v) is 3.28. The number of methoxy groups -OCH3 is 1. The predicted octanol–water partition coefficient (Wildman–Crippen LogP) is 2.77. The molecule has 0 aromatic heterocycles. The van der Waals surface area contributed by atoms with Crippen LogP contribution >= 0.6 is 11.6 Å². The van der Waals surface area contributed by atoms with E-state index in [9.17, 15) is 0 Å². The van der Waals surface area contributed by atoms with Crippen molar-refractivity contribution in [3.63, 3.8) is 0 Å². The van der Waals surface area contributed by atoms with Gasteiger partial charge in [-0.25, -0.2) is 0 Å². The largest absolute Gasteiger partial charge is 0.382 e. The van der Waals surface area contributed by atoms with E-state index in [1.807, 2.05) is 19.2 Å². The Kier molecular flexibility index (Phi) is 8.84. The molecule has 0 saturated carbocycles. The van der Waals surface area contributed by atoms with Gasteiger partial charge in [0, 0.05) is 18.7 Å². The standard InChI is InChI=1S/C15H24ClNO2/c1-17-12-14(7-8-19-10-9-18-2)11-13-3-5-15(16)6-4-13/h3-6,14,17H,7-12H2,1-2H3. The van der Waals surface area contributed by atoms with E-state index in [0.29, 0.717) is 19.1 Å². The number of nitrogens with one attached hydrogen (secondary N) is 1. The molecule has 1 aromatic carbocycles. The van der Waals surface area contributed by atoms with Gasteiger partial charge in [-0.3, -0.25) is 0 Å². The van der Waals surface area contributed by atoms with Crippen molar-refractivity contribution in [3.05, 3.63) is 34.9 Å². The first-order valence-corrected chi connectivity index (χ1v) is 7.09. The molecule has 0 fully saturated rings. The van der Waals surface area contributed by atoms with Crippen LogP contribution in [-0.4, -0.2) is 40.5 Å². The zero-order chi connectivity index (χ0) is 13.9. The summed E-state index contributed by atoms with van der Waals surface area (Å²) in [4.78, 5) is 0. The Labute approximate surface area is 121 Å². The molecule has 1 rings (SSSR count). The van der Waals surface area contributed by atoms with E-state index in [1.165, 1.54) is 5.56 Å². The van der Waals surface area contributed by atoms with E-state index in [4.69, 9.17) is 21.1 Å². The molecule has 19 heavy (non-hydrogen) atoms. The average molecular weight is 286 g/mol. The maximum Gasteiger partial charge on any atom is 0.0700 e. The van der Waals surface area contributed by atoms with E-state index in [0.717, 1.165) is 31.0 Å². The second-order valence-electron chi connectivity index (χ2n) is 4.65. The van der Waals surface area contributed by atoms with E-state index >= 15 is 0 Å². The van der Waals surface area contributed by atoms with Crippen LogP contribution in [0.15, 0.2) is 24.3 Å². The molecule has 0 amide bonds. The molecular formula is C15H24ClNO2. The zero-order valence-corrected chi connectivity index (χ0v) is 12.6.